The second kappa shape index (κ2) is 6.44. The number of para-hydroxylation sites is 1. The number of rotatable bonds is 6. The first-order valence-electron chi connectivity index (χ1n) is 6.00. The molecule has 0 spiro atoms. The highest BCUT2D eigenvalue weighted by Crippen LogP contribution is 2.18. The smallest absolute Gasteiger partial charge is 0.328 e. The molecule has 0 bridgehead atoms. The second-order valence-electron chi connectivity index (χ2n) is 4.02. The molecular formula is C15H15NO3. The van der Waals surface area contributed by atoms with Gasteiger partial charge in [-0.05, 0) is 29.3 Å². The van der Waals surface area contributed by atoms with Crippen molar-refractivity contribution in [1.29, 1.82) is 0 Å². The Balaban J connectivity index is 1.96. The molecule has 19 heavy (non-hydrogen) atoms. The van der Waals surface area contributed by atoms with E-state index >= 15 is 0 Å². The van der Waals surface area contributed by atoms with E-state index in [1.54, 1.807) is 12.4 Å². The van der Waals surface area contributed by atoms with Gasteiger partial charge in [-0.2, -0.15) is 0 Å². The summed E-state index contributed by atoms with van der Waals surface area (Å²) in [5, 5.41) is 8.87. The number of carboxylic acids is 1. The molecule has 2 aromatic rings. The monoisotopic (exact) mass is 257 g/mol. The van der Waals surface area contributed by atoms with Crippen molar-refractivity contribution in [3.63, 3.8) is 0 Å². The van der Waals surface area contributed by atoms with Gasteiger partial charge < -0.3 is 14.8 Å². The van der Waals surface area contributed by atoms with Crippen LogP contribution in [0.1, 0.15) is 12.0 Å². The number of nitrogens with one attached hydrogen (secondary N) is 1. The maximum atomic E-state index is 10.8. The predicted octanol–water partition coefficient (Wildman–Crippen LogP) is 2.95. The summed E-state index contributed by atoms with van der Waals surface area (Å²) >= 11 is 0. The van der Waals surface area contributed by atoms with Crippen LogP contribution < -0.4 is 4.74 Å². The van der Waals surface area contributed by atoms with Gasteiger partial charge in [0.15, 0.2) is 0 Å². The van der Waals surface area contributed by atoms with Crippen molar-refractivity contribution < 1.29 is 14.6 Å². The Hall–Kier alpha value is -2.49. The average molecular weight is 257 g/mol. The third-order valence-corrected chi connectivity index (χ3v) is 2.65. The number of aromatic amines is 1. The lowest BCUT2D eigenvalue weighted by Gasteiger charge is -2.07. The van der Waals surface area contributed by atoms with Gasteiger partial charge in [-0.15, -0.1) is 0 Å². The Morgan fingerprint density at radius 3 is 2.68 bits per heavy atom. The summed E-state index contributed by atoms with van der Waals surface area (Å²) in [6.07, 6.45) is 5.30. The van der Waals surface area contributed by atoms with Crippen molar-refractivity contribution in [3.8, 4) is 5.75 Å². The first-order valence-corrected chi connectivity index (χ1v) is 6.00. The van der Waals surface area contributed by atoms with Crippen LogP contribution >= 0.6 is 0 Å². The molecule has 0 amide bonds. The van der Waals surface area contributed by atoms with E-state index in [9.17, 15) is 4.79 Å². The molecular weight excluding hydrogens is 242 g/mol. The number of H-pyrrole nitrogens is 1. The van der Waals surface area contributed by atoms with Gasteiger partial charge in [0, 0.05) is 24.9 Å². The van der Waals surface area contributed by atoms with Crippen LogP contribution in [0.25, 0.3) is 5.57 Å². The zero-order chi connectivity index (χ0) is 13.5. The predicted molar refractivity (Wildman–Crippen MR) is 73.0 cm³/mol. The molecule has 2 N–H and O–H groups in total. The zero-order valence-electron chi connectivity index (χ0n) is 10.4. The van der Waals surface area contributed by atoms with Gasteiger partial charge in [-0.25, -0.2) is 4.79 Å². The zero-order valence-corrected chi connectivity index (χ0v) is 10.4. The lowest BCUT2D eigenvalue weighted by atomic mass is 10.1. The van der Waals surface area contributed by atoms with Crippen molar-refractivity contribution in [3.05, 3.63) is 60.4 Å². The summed E-state index contributed by atoms with van der Waals surface area (Å²) in [5.41, 5.74) is 1.61. The van der Waals surface area contributed by atoms with E-state index in [2.05, 4.69) is 4.98 Å². The standard InChI is InChI=1S/C15H15NO3/c17-15(18)10-12(13-6-8-16-11-13)7-9-19-14-4-2-1-3-5-14/h1-6,8,10-11,16H,7,9H2,(H,17,18)/b12-10+. The van der Waals surface area contributed by atoms with Crippen LogP contribution in [-0.2, 0) is 4.79 Å². The number of hydrogen-bond acceptors (Lipinski definition) is 2. The fourth-order valence-electron chi connectivity index (χ4n) is 1.77. The van der Waals surface area contributed by atoms with Gasteiger partial charge in [0.2, 0.25) is 0 Å². The second-order valence-corrected chi connectivity index (χ2v) is 4.02. The largest absolute Gasteiger partial charge is 0.493 e. The van der Waals surface area contributed by atoms with Crippen molar-refractivity contribution in [1.82, 2.24) is 4.98 Å². The average Bonchev–Trinajstić information content (AvgIpc) is 2.92. The lowest BCUT2D eigenvalue weighted by molar-refractivity contribution is -0.131. The molecule has 1 aromatic heterocycles. The first kappa shape index (κ1) is 13.0. The molecule has 0 fully saturated rings. The van der Waals surface area contributed by atoms with E-state index in [1.165, 1.54) is 6.08 Å². The van der Waals surface area contributed by atoms with Gasteiger partial charge in [-0.3, -0.25) is 0 Å². The van der Waals surface area contributed by atoms with E-state index < -0.39 is 5.97 Å². The third-order valence-electron chi connectivity index (χ3n) is 2.65. The number of aromatic nitrogens is 1. The fraction of sp³-hybridized carbons (Fsp3) is 0.133. The molecule has 4 heteroatoms. The van der Waals surface area contributed by atoms with Crippen LogP contribution in [0.3, 0.4) is 0 Å². The molecule has 0 aliphatic carbocycles. The number of carboxylic acid groups (broad SMARTS) is 1. The Bertz CT molecular complexity index is 544. The molecule has 2 rings (SSSR count). The molecule has 0 atom stereocenters. The quantitative estimate of drug-likeness (QED) is 0.782. The molecule has 0 unspecified atom stereocenters. The van der Waals surface area contributed by atoms with Gasteiger partial charge in [0.25, 0.3) is 0 Å². The number of benzene rings is 1. The SMILES string of the molecule is O=C(O)/C=C(\CCOc1ccccc1)c1cc[nH]c1. The van der Waals surface area contributed by atoms with Gasteiger partial charge in [-0.1, -0.05) is 18.2 Å². The summed E-state index contributed by atoms with van der Waals surface area (Å²) in [6.45, 7) is 0.439. The van der Waals surface area contributed by atoms with Crippen LogP contribution in [0.5, 0.6) is 5.75 Å². The minimum absolute atomic E-state index is 0.439. The van der Waals surface area contributed by atoms with E-state index in [0.29, 0.717) is 13.0 Å². The molecule has 98 valence electrons. The topological polar surface area (TPSA) is 62.3 Å². The van der Waals surface area contributed by atoms with Crippen molar-refractivity contribution >= 4 is 11.5 Å². The van der Waals surface area contributed by atoms with E-state index in [-0.39, 0.29) is 0 Å². The highest BCUT2D eigenvalue weighted by Gasteiger charge is 2.05. The van der Waals surface area contributed by atoms with Crippen molar-refractivity contribution in [2.24, 2.45) is 0 Å². The van der Waals surface area contributed by atoms with Crippen LogP contribution in [0, 0.1) is 0 Å². The molecule has 4 nitrogen and oxygen atoms in total. The molecule has 0 saturated heterocycles. The molecule has 0 aliphatic heterocycles. The molecule has 0 saturated carbocycles. The molecule has 1 aromatic carbocycles. The Labute approximate surface area is 111 Å². The maximum Gasteiger partial charge on any atom is 0.328 e. The maximum absolute atomic E-state index is 10.8. The minimum atomic E-state index is -0.948. The van der Waals surface area contributed by atoms with Crippen LogP contribution in [-0.4, -0.2) is 22.7 Å². The Kier molecular flexibility index (Phi) is 4.39. The third kappa shape index (κ3) is 4.03. The Morgan fingerprint density at radius 1 is 1.26 bits per heavy atom. The summed E-state index contributed by atoms with van der Waals surface area (Å²) in [6, 6.07) is 11.3. The highest BCUT2D eigenvalue weighted by molar-refractivity contribution is 5.89. The van der Waals surface area contributed by atoms with E-state index in [0.717, 1.165) is 16.9 Å². The van der Waals surface area contributed by atoms with Crippen molar-refractivity contribution in [2.75, 3.05) is 6.61 Å². The number of ether oxygens (including phenoxy) is 1. The van der Waals surface area contributed by atoms with Gasteiger partial charge >= 0.3 is 5.97 Å². The minimum Gasteiger partial charge on any atom is -0.493 e. The highest BCUT2D eigenvalue weighted by atomic mass is 16.5. The Morgan fingerprint density at radius 2 is 2.05 bits per heavy atom. The van der Waals surface area contributed by atoms with Crippen LogP contribution in [0.15, 0.2) is 54.9 Å². The normalized spacial score (nSPS) is 11.3. The summed E-state index contributed by atoms with van der Waals surface area (Å²) < 4.78 is 5.57. The molecule has 1 heterocycles. The van der Waals surface area contributed by atoms with Crippen LogP contribution in [0.4, 0.5) is 0 Å². The number of carbonyl (C=O) groups is 1. The van der Waals surface area contributed by atoms with Crippen LogP contribution in [0.2, 0.25) is 0 Å². The van der Waals surface area contributed by atoms with Gasteiger partial charge in [0.05, 0.1) is 6.61 Å². The van der Waals surface area contributed by atoms with Crippen molar-refractivity contribution in [2.45, 2.75) is 6.42 Å². The number of aliphatic carboxylic acids is 1. The first-order chi connectivity index (χ1) is 9.25. The molecule has 0 aliphatic rings. The molecule has 0 radical (unpaired) electrons. The number of hydrogen-bond donors (Lipinski definition) is 2. The summed E-state index contributed by atoms with van der Waals surface area (Å²) in [4.78, 5) is 13.7. The van der Waals surface area contributed by atoms with E-state index in [1.807, 2.05) is 36.4 Å². The van der Waals surface area contributed by atoms with Gasteiger partial charge in [0.1, 0.15) is 5.75 Å². The fourth-order valence-corrected chi connectivity index (χ4v) is 1.77. The lowest BCUT2D eigenvalue weighted by Crippen LogP contribution is -2.00. The summed E-state index contributed by atoms with van der Waals surface area (Å²) in [7, 11) is 0. The van der Waals surface area contributed by atoms with E-state index in [4.69, 9.17) is 9.84 Å². The summed E-state index contributed by atoms with van der Waals surface area (Å²) in [5.74, 6) is -0.165.